The number of carbonyl (C=O) groups is 1. The molecule has 1 rings (SSSR count). The summed E-state index contributed by atoms with van der Waals surface area (Å²) in [6.45, 7) is 2.35. The van der Waals surface area contributed by atoms with Crippen molar-refractivity contribution in [2.75, 3.05) is 12.8 Å². The molecule has 1 aromatic rings. The highest BCUT2D eigenvalue weighted by atomic mass is 16.5. The molecule has 0 bridgehead atoms. The molecule has 0 saturated carbocycles. The number of hydrogen-bond acceptors (Lipinski definition) is 5. The van der Waals surface area contributed by atoms with Crippen LogP contribution < -0.4 is 17.0 Å². The molecule has 7 heteroatoms. The van der Waals surface area contributed by atoms with Gasteiger partial charge in [-0.2, -0.15) is 0 Å². The van der Waals surface area contributed by atoms with Crippen molar-refractivity contribution in [3.05, 3.63) is 27.0 Å². The molecular formula is C11H17N3O4. The second kappa shape index (κ2) is 6.04. The van der Waals surface area contributed by atoms with Crippen LogP contribution in [0.2, 0.25) is 0 Å². The van der Waals surface area contributed by atoms with Crippen molar-refractivity contribution < 1.29 is 9.53 Å². The number of ether oxygens (including phenoxy) is 1. The van der Waals surface area contributed by atoms with Crippen LogP contribution in [-0.4, -0.2) is 22.2 Å². The summed E-state index contributed by atoms with van der Waals surface area (Å²) in [4.78, 5) is 34.7. The van der Waals surface area contributed by atoms with E-state index in [-0.39, 0.29) is 18.7 Å². The Morgan fingerprint density at radius 3 is 2.61 bits per heavy atom. The molecular weight excluding hydrogens is 238 g/mol. The number of nitrogens with zero attached hydrogens (tertiary/aromatic N) is 2. The third-order valence-corrected chi connectivity index (χ3v) is 2.50. The summed E-state index contributed by atoms with van der Waals surface area (Å²) >= 11 is 0. The second-order valence-corrected chi connectivity index (χ2v) is 3.84. The number of aryl methyl sites for hydroxylation is 1. The molecule has 0 saturated heterocycles. The van der Waals surface area contributed by atoms with Crippen LogP contribution >= 0.6 is 0 Å². The van der Waals surface area contributed by atoms with Gasteiger partial charge < -0.3 is 10.5 Å². The number of methoxy groups -OCH3 is 1. The van der Waals surface area contributed by atoms with Crippen molar-refractivity contribution in [2.45, 2.75) is 32.9 Å². The van der Waals surface area contributed by atoms with Gasteiger partial charge in [0.2, 0.25) is 0 Å². The van der Waals surface area contributed by atoms with Crippen LogP contribution in [0.15, 0.2) is 15.8 Å². The molecule has 1 aromatic heterocycles. The summed E-state index contributed by atoms with van der Waals surface area (Å²) in [6, 6.07) is 0. The number of rotatable bonds is 5. The van der Waals surface area contributed by atoms with Gasteiger partial charge in [0.1, 0.15) is 5.69 Å². The van der Waals surface area contributed by atoms with Crippen LogP contribution in [0.25, 0.3) is 0 Å². The lowest BCUT2D eigenvalue weighted by atomic mass is 10.4. The minimum absolute atomic E-state index is 0.00656. The van der Waals surface area contributed by atoms with Crippen LogP contribution in [0.1, 0.15) is 19.8 Å². The van der Waals surface area contributed by atoms with Gasteiger partial charge in [0.25, 0.3) is 5.56 Å². The molecule has 0 amide bonds. The quantitative estimate of drug-likeness (QED) is 0.720. The Morgan fingerprint density at radius 2 is 2.06 bits per heavy atom. The fourth-order valence-corrected chi connectivity index (χ4v) is 1.58. The van der Waals surface area contributed by atoms with Crippen molar-refractivity contribution in [3.8, 4) is 0 Å². The van der Waals surface area contributed by atoms with Crippen molar-refractivity contribution in [2.24, 2.45) is 0 Å². The zero-order valence-corrected chi connectivity index (χ0v) is 10.5. The average Bonchev–Trinajstić information content (AvgIpc) is 2.35. The lowest BCUT2D eigenvalue weighted by Crippen LogP contribution is -2.41. The predicted molar refractivity (Wildman–Crippen MR) is 66.3 cm³/mol. The van der Waals surface area contributed by atoms with E-state index in [1.54, 1.807) is 0 Å². The maximum Gasteiger partial charge on any atom is 0.331 e. The molecule has 0 aliphatic carbocycles. The molecule has 18 heavy (non-hydrogen) atoms. The first-order valence-corrected chi connectivity index (χ1v) is 5.67. The average molecular weight is 255 g/mol. The van der Waals surface area contributed by atoms with Crippen LogP contribution in [-0.2, 0) is 22.6 Å². The minimum Gasteiger partial charge on any atom is -0.469 e. The number of hydrogen-bond donors (Lipinski definition) is 1. The summed E-state index contributed by atoms with van der Waals surface area (Å²) in [5, 5.41) is 0. The smallest absolute Gasteiger partial charge is 0.331 e. The Labute approximate surface area is 104 Å². The molecule has 2 N–H and O–H groups in total. The summed E-state index contributed by atoms with van der Waals surface area (Å²) in [7, 11) is 1.25. The van der Waals surface area contributed by atoms with Crippen molar-refractivity contribution >= 4 is 11.7 Å². The Kier molecular flexibility index (Phi) is 4.70. The molecule has 0 atom stereocenters. The molecule has 0 aromatic carbocycles. The third-order valence-electron chi connectivity index (χ3n) is 2.50. The van der Waals surface area contributed by atoms with E-state index in [1.807, 2.05) is 6.92 Å². The SMILES string of the molecule is CCCn1cc(N)c(=O)n(CCC(=O)OC)c1=O. The first-order chi connectivity index (χ1) is 8.51. The molecule has 0 aliphatic rings. The summed E-state index contributed by atoms with van der Waals surface area (Å²) in [5.41, 5.74) is 4.51. The highest BCUT2D eigenvalue weighted by Gasteiger charge is 2.10. The van der Waals surface area contributed by atoms with Gasteiger partial charge in [-0.3, -0.25) is 18.7 Å². The van der Waals surface area contributed by atoms with E-state index in [4.69, 9.17) is 5.73 Å². The first kappa shape index (κ1) is 14.0. The zero-order valence-electron chi connectivity index (χ0n) is 10.5. The highest BCUT2D eigenvalue weighted by Crippen LogP contribution is 1.94. The normalized spacial score (nSPS) is 10.3. The van der Waals surface area contributed by atoms with E-state index in [9.17, 15) is 14.4 Å². The predicted octanol–water partition coefficient (Wildman–Crippen LogP) is -0.435. The lowest BCUT2D eigenvalue weighted by Gasteiger charge is -2.10. The minimum atomic E-state index is -0.573. The fourth-order valence-electron chi connectivity index (χ4n) is 1.58. The van der Waals surface area contributed by atoms with Crippen LogP contribution in [0, 0.1) is 0 Å². The number of anilines is 1. The van der Waals surface area contributed by atoms with Crippen molar-refractivity contribution in [3.63, 3.8) is 0 Å². The summed E-state index contributed by atoms with van der Waals surface area (Å²) in [5.74, 6) is -0.481. The van der Waals surface area contributed by atoms with Crippen LogP contribution in [0.5, 0.6) is 0 Å². The van der Waals surface area contributed by atoms with Gasteiger partial charge in [0.05, 0.1) is 13.5 Å². The van der Waals surface area contributed by atoms with Gasteiger partial charge in [0.15, 0.2) is 0 Å². The largest absolute Gasteiger partial charge is 0.469 e. The number of carbonyl (C=O) groups excluding carboxylic acids is 1. The molecule has 0 aliphatic heterocycles. The van der Waals surface area contributed by atoms with E-state index in [2.05, 4.69) is 4.74 Å². The zero-order chi connectivity index (χ0) is 13.7. The van der Waals surface area contributed by atoms with Crippen LogP contribution in [0.3, 0.4) is 0 Å². The monoisotopic (exact) mass is 255 g/mol. The molecule has 0 radical (unpaired) electrons. The third kappa shape index (κ3) is 2.99. The Balaban J connectivity index is 3.13. The van der Waals surface area contributed by atoms with E-state index in [0.717, 1.165) is 11.0 Å². The van der Waals surface area contributed by atoms with Crippen molar-refractivity contribution in [1.29, 1.82) is 0 Å². The van der Waals surface area contributed by atoms with Gasteiger partial charge in [-0.25, -0.2) is 4.79 Å². The van der Waals surface area contributed by atoms with E-state index < -0.39 is 17.2 Å². The summed E-state index contributed by atoms with van der Waals surface area (Å²) < 4.78 is 6.79. The molecule has 0 spiro atoms. The van der Waals surface area contributed by atoms with Gasteiger partial charge in [-0.1, -0.05) is 6.92 Å². The first-order valence-electron chi connectivity index (χ1n) is 5.67. The van der Waals surface area contributed by atoms with E-state index >= 15 is 0 Å². The lowest BCUT2D eigenvalue weighted by molar-refractivity contribution is -0.140. The standard InChI is InChI=1S/C11H17N3O4/c1-3-5-13-7-8(12)10(16)14(11(13)17)6-4-9(15)18-2/h7H,3-6,12H2,1-2H3. The molecule has 0 unspecified atom stereocenters. The number of esters is 1. The molecule has 100 valence electrons. The number of nitrogens with two attached hydrogens (primary N) is 1. The summed E-state index contributed by atoms with van der Waals surface area (Å²) in [6.07, 6.45) is 2.04. The molecule has 1 heterocycles. The topological polar surface area (TPSA) is 96.3 Å². The molecule has 7 nitrogen and oxygen atoms in total. The fraction of sp³-hybridized carbons (Fsp3) is 0.545. The number of aromatic nitrogens is 2. The number of nitrogen functional groups attached to an aromatic ring is 1. The van der Waals surface area contributed by atoms with Gasteiger partial charge in [-0.05, 0) is 6.42 Å². The van der Waals surface area contributed by atoms with E-state index in [0.29, 0.717) is 6.54 Å². The van der Waals surface area contributed by atoms with Crippen LogP contribution in [0.4, 0.5) is 5.69 Å². The second-order valence-electron chi connectivity index (χ2n) is 3.84. The Bertz CT molecular complexity index is 544. The maximum absolute atomic E-state index is 12.0. The van der Waals surface area contributed by atoms with Gasteiger partial charge >= 0.3 is 11.7 Å². The van der Waals surface area contributed by atoms with Gasteiger partial charge in [0, 0.05) is 19.3 Å². The molecule has 0 fully saturated rings. The van der Waals surface area contributed by atoms with Crippen molar-refractivity contribution in [1.82, 2.24) is 9.13 Å². The van der Waals surface area contributed by atoms with Gasteiger partial charge in [-0.15, -0.1) is 0 Å². The Hall–Kier alpha value is -2.05. The van der Waals surface area contributed by atoms with E-state index in [1.165, 1.54) is 17.9 Å². The maximum atomic E-state index is 12.0. The Morgan fingerprint density at radius 1 is 1.39 bits per heavy atom. The highest BCUT2D eigenvalue weighted by molar-refractivity contribution is 5.68.